The largest absolute Gasteiger partial charge is 0.465 e. The van der Waals surface area contributed by atoms with Crippen LogP contribution in [0.2, 0.25) is 5.02 Å². The Morgan fingerprint density at radius 3 is 2.12 bits per heavy atom. The number of fused-ring (bicyclic) bond motifs is 1. The molecule has 0 aromatic heterocycles. The maximum atomic E-state index is 13.0. The molecule has 162 valence electrons. The summed E-state index contributed by atoms with van der Waals surface area (Å²) in [6.07, 6.45) is 0.205. The van der Waals surface area contributed by atoms with Crippen molar-refractivity contribution < 1.29 is 17.9 Å². The number of benzene rings is 4. The van der Waals surface area contributed by atoms with Crippen LogP contribution < -0.4 is 0 Å². The molecule has 4 aromatic carbocycles. The van der Waals surface area contributed by atoms with Crippen LogP contribution in [0.25, 0.3) is 21.9 Å². The summed E-state index contributed by atoms with van der Waals surface area (Å²) in [5, 5.41) is 2.30. The van der Waals surface area contributed by atoms with Gasteiger partial charge >= 0.3 is 5.97 Å². The molecule has 0 spiro atoms. The molecular weight excluding hydrogens is 444 g/mol. The van der Waals surface area contributed by atoms with E-state index in [2.05, 4.69) is 0 Å². The Morgan fingerprint density at radius 2 is 1.47 bits per heavy atom. The van der Waals surface area contributed by atoms with Crippen LogP contribution in [0.1, 0.15) is 15.9 Å². The van der Waals surface area contributed by atoms with Crippen molar-refractivity contribution in [3.8, 4) is 11.1 Å². The fourth-order valence-corrected chi connectivity index (χ4v) is 5.13. The van der Waals surface area contributed by atoms with Gasteiger partial charge < -0.3 is 4.74 Å². The van der Waals surface area contributed by atoms with Crippen molar-refractivity contribution in [1.82, 2.24) is 0 Å². The van der Waals surface area contributed by atoms with Gasteiger partial charge in [-0.15, -0.1) is 0 Å². The first-order valence-electron chi connectivity index (χ1n) is 10.1. The molecule has 0 aliphatic carbocycles. The van der Waals surface area contributed by atoms with Crippen LogP contribution in [0.4, 0.5) is 0 Å². The number of carbonyl (C=O) groups excluding carboxylic acids is 1. The normalized spacial score (nSPS) is 11.4. The van der Waals surface area contributed by atoms with Gasteiger partial charge in [0.1, 0.15) is 0 Å². The molecule has 0 N–H and O–H groups in total. The minimum Gasteiger partial charge on any atom is -0.465 e. The van der Waals surface area contributed by atoms with Crippen molar-refractivity contribution in [1.29, 1.82) is 0 Å². The molecule has 0 amide bonds. The highest BCUT2D eigenvalue weighted by Gasteiger charge is 2.20. The molecule has 0 aliphatic heterocycles. The van der Waals surface area contributed by atoms with E-state index in [4.69, 9.17) is 16.3 Å². The van der Waals surface area contributed by atoms with E-state index < -0.39 is 15.8 Å². The maximum Gasteiger partial charge on any atom is 0.338 e. The first-order valence-corrected chi connectivity index (χ1v) is 12.1. The zero-order valence-electron chi connectivity index (χ0n) is 17.4. The van der Waals surface area contributed by atoms with Crippen molar-refractivity contribution in [3.05, 3.63) is 101 Å². The lowest BCUT2D eigenvalue weighted by Crippen LogP contribution is -2.13. The highest BCUT2D eigenvalue weighted by Crippen LogP contribution is 2.26. The van der Waals surface area contributed by atoms with Crippen LogP contribution in [-0.2, 0) is 21.0 Å². The third-order valence-corrected chi connectivity index (χ3v) is 7.42. The Morgan fingerprint density at radius 1 is 0.844 bits per heavy atom. The number of carbonyl (C=O) groups is 1. The van der Waals surface area contributed by atoms with Crippen LogP contribution in [0.5, 0.6) is 0 Å². The molecule has 0 unspecified atom stereocenters. The molecule has 4 rings (SSSR count). The van der Waals surface area contributed by atoms with E-state index >= 15 is 0 Å². The number of hydrogen-bond donors (Lipinski definition) is 0. The topological polar surface area (TPSA) is 60.4 Å². The van der Waals surface area contributed by atoms with Crippen LogP contribution in [-0.4, -0.2) is 27.2 Å². The summed E-state index contributed by atoms with van der Waals surface area (Å²) < 4.78 is 30.9. The second-order valence-corrected chi connectivity index (χ2v) is 9.96. The molecule has 0 atom stereocenters. The van der Waals surface area contributed by atoms with Gasteiger partial charge in [0, 0.05) is 5.02 Å². The lowest BCUT2D eigenvalue weighted by Gasteiger charge is -2.12. The van der Waals surface area contributed by atoms with E-state index in [0.29, 0.717) is 16.1 Å². The number of esters is 1. The summed E-state index contributed by atoms with van der Waals surface area (Å²) in [6, 6.07) is 25.3. The number of methoxy groups -OCH3 is 1. The molecule has 4 aromatic rings. The minimum atomic E-state index is -3.54. The van der Waals surface area contributed by atoms with Crippen molar-refractivity contribution in [2.24, 2.45) is 0 Å². The first kappa shape index (κ1) is 22.1. The Hall–Kier alpha value is -3.15. The van der Waals surface area contributed by atoms with Crippen molar-refractivity contribution in [2.45, 2.75) is 11.3 Å². The van der Waals surface area contributed by atoms with Gasteiger partial charge in [0.15, 0.2) is 9.84 Å². The summed E-state index contributed by atoms with van der Waals surface area (Å²) >= 11 is 5.93. The van der Waals surface area contributed by atoms with Gasteiger partial charge in [0.2, 0.25) is 0 Å². The average molecular weight is 465 g/mol. The lowest BCUT2D eigenvalue weighted by atomic mass is 9.97. The fourth-order valence-electron chi connectivity index (χ4n) is 3.73. The third-order valence-electron chi connectivity index (χ3n) is 5.44. The number of aryl methyl sites for hydroxylation is 1. The monoisotopic (exact) mass is 464 g/mol. The standard InChI is InChI=1S/C26H21ClO4S/c1-31-26(28)25-21(7-6-20-4-2-3-5-24(20)25)16-17-32(29,30)23-14-10-19(11-15-23)18-8-12-22(27)13-9-18/h2-15H,16-17H2,1H3. The van der Waals surface area contributed by atoms with Crippen LogP contribution >= 0.6 is 11.6 Å². The van der Waals surface area contributed by atoms with Gasteiger partial charge in [0.05, 0.1) is 23.3 Å². The predicted molar refractivity (Wildman–Crippen MR) is 128 cm³/mol. The number of sulfone groups is 1. The van der Waals surface area contributed by atoms with Gasteiger partial charge in [-0.3, -0.25) is 0 Å². The van der Waals surface area contributed by atoms with E-state index in [0.717, 1.165) is 21.9 Å². The number of hydrogen-bond acceptors (Lipinski definition) is 4. The Labute approximate surface area is 192 Å². The quantitative estimate of drug-likeness (QED) is 0.330. The zero-order chi connectivity index (χ0) is 22.7. The molecule has 32 heavy (non-hydrogen) atoms. The average Bonchev–Trinajstić information content (AvgIpc) is 2.82. The van der Waals surface area contributed by atoms with E-state index in [1.165, 1.54) is 7.11 Å². The molecule has 4 nitrogen and oxygen atoms in total. The van der Waals surface area contributed by atoms with Gasteiger partial charge in [0.25, 0.3) is 0 Å². The molecule has 0 heterocycles. The van der Waals surface area contributed by atoms with Crippen LogP contribution in [0.15, 0.2) is 89.8 Å². The maximum absolute atomic E-state index is 13.0. The van der Waals surface area contributed by atoms with Gasteiger partial charge in [-0.05, 0) is 58.1 Å². The SMILES string of the molecule is COC(=O)c1c(CCS(=O)(=O)c2ccc(-c3ccc(Cl)cc3)cc2)ccc2ccccc12. The van der Waals surface area contributed by atoms with Crippen molar-refractivity contribution >= 4 is 38.2 Å². The number of ether oxygens (including phenoxy) is 1. The van der Waals surface area contributed by atoms with E-state index in [1.54, 1.807) is 42.5 Å². The van der Waals surface area contributed by atoms with E-state index in [-0.39, 0.29) is 17.1 Å². The molecule has 0 aliphatic rings. The fraction of sp³-hybridized carbons (Fsp3) is 0.115. The molecule has 0 saturated heterocycles. The molecular formula is C26H21ClO4S. The lowest BCUT2D eigenvalue weighted by molar-refractivity contribution is 0.0602. The minimum absolute atomic E-state index is 0.115. The van der Waals surface area contributed by atoms with Crippen LogP contribution in [0, 0.1) is 0 Å². The zero-order valence-corrected chi connectivity index (χ0v) is 19.0. The smallest absolute Gasteiger partial charge is 0.338 e. The second kappa shape index (κ2) is 9.15. The van der Waals surface area contributed by atoms with E-state index in [1.807, 2.05) is 42.5 Å². The molecule has 0 saturated carbocycles. The summed E-state index contributed by atoms with van der Waals surface area (Å²) in [6.45, 7) is 0. The second-order valence-electron chi connectivity index (χ2n) is 7.41. The Kier molecular flexibility index (Phi) is 6.31. The summed E-state index contributed by atoms with van der Waals surface area (Å²) in [5.41, 5.74) is 2.93. The summed E-state index contributed by atoms with van der Waals surface area (Å²) in [7, 11) is -2.21. The van der Waals surface area contributed by atoms with Gasteiger partial charge in [-0.1, -0.05) is 72.3 Å². The molecule has 0 fully saturated rings. The molecule has 6 heteroatoms. The summed E-state index contributed by atoms with van der Waals surface area (Å²) in [4.78, 5) is 12.7. The highest BCUT2D eigenvalue weighted by atomic mass is 35.5. The molecule has 0 bridgehead atoms. The summed E-state index contributed by atoms with van der Waals surface area (Å²) in [5.74, 6) is -0.586. The van der Waals surface area contributed by atoms with Gasteiger partial charge in [-0.25, -0.2) is 13.2 Å². The van der Waals surface area contributed by atoms with Crippen molar-refractivity contribution in [2.75, 3.05) is 12.9 Å². The Bertz CT molecular complexity index is 1380. The Balaban J connectivity index is 1.59. The van der Waals surface area contributed by atoms with Gasteiger partial charge in [-0.2, -0.15) is 0 Å². The third kappa shape index (κ3) is 4.54. The van der Waals surface area contributed by atoms with Crippen molar-refractivity contribution in [3.63, 3.8) is 0 Å². The number of rotatable bonds is 6. The number of halogens is 1. The molecule has 0 radical (unpaired) electrons. The highest BCUT2D eigenvalue weighted by molar-refractivity contribution is 7.91. The predicted octanol–water partition coefficient (Wildman–Crippen LogP) is 5.96. The van der Waals surface area contributed by atoms with Crippen LogP contribution in [0.3, 0.4) is 0 Å². The van der Waals surface area contributed by atoms with E-state index in [9.17, 15) is 13.2 Å². The first-order chi connectivity index (χ1) is 15.4.